The minimum absolute atomic E-state index is 0.0533. The lowest BCUT2D eigenvalue weighted by Crippen LogP contribution is -2.16. The minimum atomic E-state index is -4.57. The number of anilines is 1. The smallest absolute Gasteiger partial charge is 0.487 e. The van der Waals surface area contributed by atoms with E-state index in [-0.39, 0.29) is 22.8 Å². The summed E-state index contributed by atoms with van der Waals surface area (Å²) < 4.78 is 45.5. The van der Waals surface area contributed by atoms with Crippen LogP contribution in [0.15, 0.2) is 36.7 Å². The molecule has 4 rings (SSSR count). The Morgan fingerprint density at radius 1 is 1.30 bits per heavy atom. The maximum atomic E-state index is 12.7. The number of carbonyl (C=O) groups excluding carboxylic acids is 1. The van der Waals surface area contributed by atoms with Crippen LogP contribution in [0.1, 0.15) is 18.2 Å². The van der Waals surface area contributed by atoms with Crippen LogP contribution in [0.25, 0.3) is 11.3 Å². The number of ether oxygens (including phenoxy) is 1. The number of alkyl halides is 3. The van der Waals surface area contributed by atoms with Gasteiger partial charge in [0.25, 0.3) is 0 Å². The van der Waals surface area contributed by atoms with Crippen LogP contribution in [0.2, 0.25) is 0 Å². The lowest BCUT2D eigenvalue weighted by molar-refractivity contribution is -0.212. The van der Waals surface area contributed by atoms with Crippen LogP contribution in [-0.2, 0) is 24.2 Å². The quantitative estimate of drug-likeness (QED) is 0.745. The second-order valence-corrected chi connectivity index (χ2v) is 6.11. The van der Waals surface area contributed by atoms with E-state index in [2.05, 4.69) is 15.5 Å². The summed E-state index contributed by atoms with van der Waals surface area (Å²) in [6.45, 7) is 2.03. The first kappa shape index (κ1) is 17.1. The summed E-state index contributed by atoms with van der Waals surface area (Å²) in [7, 11) is 0. The predicted molar refractivity (Wildman–Crippen MR) is 88.9 cm³/mol. The molecule has 0 unspecified atom stereocenters. The molecule has 3 aromatic rings. The number of benzene rings is 1. The number of halogens is 3. The van der Waals surface area contributed by atoms with E-state index in [9.17, 15) is 18.0 Å². The van der Waals surface area contributed by atoms with Gasteiger partial charge in [0.1, 0.15) is 12.4 Å². The predicted octanol–water partition coefficient (Wildman–Crippen LogP) is 3.12. The number of amides is 1. The second kappa shape index (κ2) is 6.15. The minimum Gasteiger partial charge on any atom is -0.487 e. The maximum absolute atomic E-state index is 12.7. The van der Waals surface area contributed by atoms with Crippen molar-refractivity contribution in [1.29, 1.82) is 0 Å². The molecule has 0 atom stereocenters. The number of nitrogens with zero attached hydrogens (tertiary/aromatic N) is 4. The zero-order chi connectivity index (χ0) is 19.2. The highest BCUT2D eigenvalue weighted by Gasteiger charge is 2.32. The van der Waals surface area contributed by atoms with E-state index in [1.165, 1.54) is 6.92 Å². The molecule has 27 heavy (non-hydrogen) atoms. The van der Waals surface area contributed by atoms with Gasteiger partial charge in [0.2, 0.25) is 5.91 Å². The zero-order valence-electron chi connectivity index (χ0n) is 14.1. The van der Waals surface area contributed by atoms with Gasteiger partial charge in [-0.1, -0.05) is 6.07 Å². The van der Waals surface area contributed by atoms with Gasteiger partial charge in [0.15, 0.2) is 0 Å². The Bertz CT molecular complexity index is 1020. The fourth-order valence-corrected chi connectivity index (χ4v) is 2.86. The number of nitrogens with one attached hydrogen (secondary N) is 1. The van der Waals surface area contributed by atoms with Gasteiger partial charge in [0, 0.05) is 36.0 Å². The molecule has 10 heteroatoms. The molecule has 0 aliphatic carbocycles. The lowest BCUT2D eigenvalue weighted by Gasteiger charge is -2.09. The van der Waals surface area contributed by atoms with E-state index >= 15 is 0 Å². The maximum Gasteiger partial charge on any atom is 0.504 e. The topological polar surface area (TPSA) is 74.0 Å². The highest BCUT2D eigenvalue weighted by atomic mass is 19.4. The van der Waals surface area contributed by atoms with Crippen molar-refractivity contribution in [3.63, 3.8) is 0 Å². The molecule has 1 aromatic carbocycles. The third kappa shape index (κ3) is 3.37. The summed E-state index contributed by atoms with van der Waals surface area (Å²) in [5, 5.41) is 10.4. The highest BCUT2D eigenvalue weighted by molar-refractivity contribution is 5.88. The molecule has 2 aromatic heterocycles. The summed E-state index contributed by atoms with van der Waals surface area (Å²) in [5.74, 6) is 0.443. The molecule has 0 saturated carbocycles. The molecular weight excluding hydrogens is 363 g/mol. The Hall–Kier alpha value is -3.30. The fourth-order valence-electron chi connectivity index (χ4n) is 2.86. The van der Waals surface area contributed by atoms with Crippen LogP contribution >= 0.6 is 0 Å². The molecule has 0 spiro atoms. The van der Waals surface area contributed by atoms with Crippen LogP contribution in [0.4, 0.5) is 18.9 Å². The molecule has 0 saturated heterocycles. The fraction of sp³-hybridized carbons (Fsp3) is 0.235. The van der Waals surface area contributed by atoms with Gasteiger partial charge < -0.3 is 10.1 Å². The standard InChI is InChI=1S/C17H14F3N5O2/c1-10(26)22-13-3-2-11-7-24-14(9-27-16(11)4-13)5-15(23-24)12-6-21-25(8-12)17(18,19)20/h2-6,8H,7,9H2,1H3,(H,22,26). The molecule has 3 heterocycles. The monoisotopic (exact) mass is 377 g/mol. The highest BCUT2D eigenvalue weighted by Crippen LogP contribution is 2.30. The largest absolute Gasteiger partial charge is 0.504 e. The molecule has 140 valence electrons. The molecule has 0 fully saturated rings. The average Bonchev–Trinajstić information content (AvgIpc) is 3.18. The summed E-state index contributed by atoms with van der Waals surface area (Å²) in [6, 6.07) is 6.99. The second-order valence-electron chi connectivity index (χ2n) is 6.11. The molecule has 1 amide bonds. The normalized spacial score (nSPS) is 13.3. The van der Waals surface area contributed by atoms with Gasteiger partial charge in [-0.25, -0.2) is 0 Å². The van der Waals surface area contributed by atoms with E-state index in [0.717, 1.165) is 23.7 Å². The van der Waals surface area contributed by atoms with Gasteiger partial charge in [-0.3, -0.25) is 9.48 Å². The van der Waals surface area contributed by atoms with Crippen molar-refractivity contribution < 1.29 is 22.7 Å². The lowest BCUT2D eigenvalue weighted by atomic mass is 10.2. The van der Waals surface area contributed by atoms with Crippen molar-refractivity contribution in [2.75, 3.05) is 5.32 Å². The molecule has 0 bridgehead atoms. The van der Waals surface area contributed by atoms with Crippen molar-refractivity contribution in [1.82, 2.24) is 19.6 Å². The van der Waals surface area contributed by atoms with Crippen LogP contribution in [0, 0.1) is 0 Å². The van der Waals surface area contributed by atoms with Crippen LogP contribution in [0.5, 0.6) is 5.75 Å². The van der Waals surface area contributed by atoms with Gasteiger partial charge in [-0.05, 0) is 12.1 Å². The molecule has 0 radical (unpaired) electrons. The number of hydrogen-bond acceptors (Lipinski definition) is 4. The van der Waals surface area contributed by atoms with Crippen LogP contribution in [-0.4, -0.2) is 25.5 Å². The SMILES string of the molecule is CC(=O)Nc1ccc2c(c1)OCc1cc(-c3cnn(C(F)(F)F)c3)nn1C2. The number of fused-ring (bicyclic) bond motifs is 2. The third-order valence-electron chi connectivity index (χ3n) is 4.08. The molecule has 1 N–H and O–H groups in total. The number of aromatic nitrogens is 4. The Balaban J connectivity index is 1.61. The summed E-state index contributed by atoms with van der Waals surface area (Å²) in [5.41, 5.74) is 2.86. The van der Waals surface area contributed by atoms with E-state index in [4.69, 9.17) is 4.74 Å². The molecule has 1 aliphatic heterocycles. The van der Waals surface area contributed by atoms with Gasteiger partial charge >= 0.3 is 6.30 Å². The molecule has 7 nitrogen and oxygen atoms in total. The van der Waals surface area contributed by atoms with E-state index in [0.29, 0.717) is 23.7 Å². The zero-order valence-corrected chi connectivity index (χ0v) is 14.1. The number of carbonyl (C=O) groups is 1. The average molecular weight is 377 g/mol. The molecular formula is C17H14F3N5O2. The Morgan fingerprint density at radius 3 is 2.81 bits per heavy atom. The Labute approximate surface area is 151 Å². The van der Waals surface area contributed by atoms with Gasteiger partial charge in [-0.15, -0.1) is 13.2 Å². The first-order valence-electron chi connectivity index (χ1n) is 8.02. The van der Waals surface area contributed by atoms with Crippen LogP contribution < -0.4 is 10.1 Å². The Kier molecular flexibility index (Phi) is 3.90. The van der Waals surface area contributed by atoms with E-state index in [1.807, 2.05) is 6.07 Å². The van der Waals surface area contributed by atoms with Gasteiger partial charge in [0.05, 0.1) is 24.1 Å². The summed E-state index contributed by atoms with van der Waals surface area (Å²) in [4.78, 5) is 11.2. The Morgan fingerprint density at radius 2 is 2.11 bits per heavy atom. The molecule has 1 aliphatic rings. The summed E-state index contributed by atoms with van der Waals surface area (Å²) >= 11 is 0. The van der Waals surface area contributed by atoms with Crippen molar-refractivity contribution in [2.24, 2.45) is 0 Å². The first-order valence-corrected chi connectivity index (χ1v) is 8.02. The van der Waals surface area contributed by atoms with Crippen molar-refractivity contribution in [3.8, 4) is 17.0 Å². The summed E-state index contributed by atoms with van der Waals surface area (Å²) in [6.07, 6.45) is -2.54. The van der Waals surface area contributed by atoms with E-state index in [1.54, 1.807) is 22.9 Å². The van der Waals surface area contributed by atoms with Crippen molar-refractivity contribution >= 4 is 11.6 Å². The first-order chi connectivity index (χ1) is 12.8. The number of hydrogen-bond donors (Lipinski definition) is 1. The van der Waals surface area contributed by atoms with Crippen molar-refractivity contribution in [2.45, 2.75) is 26.4 Å². The van der Waals surface area contributed by atoms with Gasteiger partial charge in [-0.2, -0.15) is 14.9 Å². The number of rotatable bonds is 2. The van der Waals surface area contributed by atoms with E-state index < -0.39 is 6.30 Å². The van der Waals surface area contributed by atoms with Crippen molar-refractivity contribution in [3.05, 3.63) is 47.9 Å². The third-order valence-corrected chi connectivity index (χ3v) is 4.08. The van der Waals surface area contributed by atoms with Crippen LogP contribution in [0.3, 0.4) is 0 Å².